The van der Waals surface area contributed by atoms with Crippen LogP contribution in [0.3, 0.4) is 0 Å². The van der Waals surface area contributed by atoms with Crippen molar-refractivity contribution in [2.75, 3.05) is 19.5 Å². The topological polar surface area (TPSA) is 89.0 Å². The number of hydrazone groups is 1. The molecule has 0 aromatic heterocycles. The molecule has 26 heavy (non-hydrogen) atoms. The van der Waals surface area contributed by atoms with Crippen LogP contribution in [-0.2, 0) is 16.0 Å². The van der Waals surface area contributed by atoms with Gasteiger partial charge < -0.3 is 14.8 Å². The van der Waals surface area contributed by atoms with Gasteiger partial charge in [-0.15, -0.1) is 0 Å². The molecule has 7 nitrogen and oxygen atoms in total. The summed E-state index contributed by atoms with van der Waals surface area (Å²) in [5.41, 5.74) is 4.56. The van der Waals surface area contributed by atoms with Crippen LogP contribution in [0.1, 0.15) is 18.1 Å². The molecule has 136 valence electrons. The third-order valence-electron chi connectivity index (χ3n) is 3.61. The van der Waals surface area contributed by atoms with Gasteiger partial charge in [-0.1, -0.05) is 19.1 Å². The Morgan fingerprint density at radius 1 is 1.00 bits per heavy atom. The van der Waals surface area contributed by atoms with E-state index >= 15 is 0 Å². The molecule has 2 N–H and O–H groups in total. The average Bonchev–Trinajstić information content (AvgIpc) is 2.68. The van der Waals surface area contributed by atoms with Crippen molar-refractivity contribution >= 4 is 23.7 Å². The summed E-state index contributed by atoms with van der Waals surface area (Å²) >= 11 is 0. The summed E-state index contributed by atoms with van der Waals surface area (Å²) in [4.78, 5) is 23.7. The van der Waals surface area contributed by atoms with Crippen LogP contribution in [0.25, 0.3) is 0 Å². The minimum atomic E-state index is -0.860. The van der Waals surface area contributed by atoms with E-state index in [-0.39, 0.29) is 0 Å². The number of amides is 2. The number of anilines is 1. The van der Waals surface area contributed by atoms with E-state index in [0.717, 1.165) is 12.0 Å². The standard InChI is InChI=1S/C19H21N3O4/c1-4-13-5-8-15(9-6-13)21-18(23)19(24)22-20-12-14-7-10-16(25-2)17(11-14)26-3/h5-12H,4H2,1-3H3,(H,21,23)(H,22,24)/b20-12-. The number of aryl methyl sites for hydroxylation is 1. The first-order chi connectivity index (χ1) is 12.6. The largest absolute Gasteiger partial charge is 0.493 e. The number of ether oxygens (including phenoxy) is 2. The SMILES string of the molecule is CCc1ccc(NC(=O)C(=O)N/N=C\c2ccc(OC)c(OC)c2)cc1. The fraction of sp³-hybridized carbons (Fsp3) is 0.211. The molecule has 0 saturated heterocycles. The molecule has 7 heteroatoms. The highest BCUT2D eigenvalue weighted by molar-refractivity contribution is 6.39. The van der Waals surface area contributed by atoms with Crippen molar-refractivity contribution in [3.05, 3.63) is 53.6 Å². The van der Waals surface area contributed by atoms with E-state index in [1.165, 1.54) is 13.3 Å². The lowest BCUT2D eigenvalue weighted by molar-refractivity contribution is -0.136. The second kappa shape index (κ2) is 9.22. The molecule has 2 rings (SSSR count). The molecule has 2 amide bonds. The molecule has 0 saturated carbocycles. The molecular formula is C19H21N3O4. The summed E-state index contributed by atoms with van der Waals surface area (Å²) in [5, 5.41) is 6.29. The summed E-state index contributed by atoms with van der Waals surface area (Å²) in [6.45, 7) is 2.04. The number of hydrogen-bond acceptors (Lipinski definition) is 5. The van der Waals surface area contributed by atoms with Crippen molar-refractivity contribution in [1.29, 1.82) is 0 Å². The highest BCUT2D eigenvalue weighted by atomic mass is 16.5. The van der Waals surface area contributed by atoms with Gasteiger partial charge in [0, 0.05) is 5.69 Å². The van der Waals surface area contributed by atoms with Crippen molar-refractivity contribution < 1.29 is 19.1 Å². The van der Waals surface area contributed by atoms with E-state index in [4.69, 9.17) is 9.47 Å². The molecular weight excluding hydrogens is 334 g/mol. The van der Waals surface area contributed by atoms with Crippen molar-refractivity contribution in [3.8, 4) is 11.5 Å². The van der Waals surface area contributed by atoms with Gasteiger partial charge in [0.05, 0.1) is 20.4 Å². The van der Waals surface area contributed by atoms with Crippen LogP contribution in [0.4, 0.5) is 5.69 Å². The molecule has 2 aromatic rings. The third-order valence-corrected chi connectivity index (χ3v) is 3.61. The normalized spacial score (nSPS) is 10.4. The van der Waals surface area contributed by atoms with Crippen molar-refractivity contribution in [3.63, 3.8) is 0 Å². The number of rotatable bonds is 6. The lowest BCUT2D eigenvalue weighted by Gasteiger charge is -2.07. The minimum absolute atomic E-state index is 0.538. The summed E-state index contributed by atoms with van der Waals surface area (Å²) in [5.74, 6) is -0.529. The molecule has 0 unspecified atom stereocenters. The van der Waals surface area contributed by atoms with Crippen LogP contribution in [0.2, 0.25) is 0 Å². The number of carbonyl (C=O) groups is 2. The van der Waals surface area contributed by atoms with Crippen LogP contribution in [0.5, 0.6) is 11.5 Å². The quantitative estimate of drug-likeness (QED) is 0.473. The van der Waals surface area contributed by atoms with Gasteiger partial charge >= 0.3 is 11.8 Å². The molecule has 0 bridgehead atoms. The maximum absolute atomic E-state index is 11.9. The molecule has 0 atom stereocenters. The molecule has 0 fully saturated rings. The van der Waals surface area contributed by atoms with Crippen molar-refractivity contribution in [2.24, 2.45) is 5.10 Å². The number of nitrogens with zero attached hydrogens (tertiary/aromatic N) is 1. The van der Waals surface area contributed by atoms with Gasteiger partial charge in [0.2, 0.25) is 0 Å². The van der Waals surface area contributed by atoms with E-state index in [1.54, 1.807) is 37.4 Å². The van der Waals surface area contributed by atoms with Crippen LogP contribution >= 0.6 is 0 Å². The maximum Gasteiger partial charge on any atom is 0.329 e. The van der Waals surface area contributed by atoms with Gasteiger partial charge in [-0.3, -0.25) is 9.59 Å². The maximum atomic E-state index is 11.9. The Morgan fingerprint density at radius 2 is 1.69 bits per heavy atom. The molecule has 0 heterocycles. The molecule has 0 radical (unpaired) electrons. The Labute approximate surface area is 152 Å². The fourth-order valence-corrected chi connectivity index (χ4v) is 2.16. The molecule has 0 aliphatic heterocycles. The first-order valence-corrected chi connectivity index (χ1v) is 8.02. The lowest BCUT2D eigenvalue weighted by Crippen LogP contribution is -2.32. The number of hydrogen-bond donors (Lipinski definition) is 2. The molecule has 0 spiro atoms. The Hall–Kier alpha value is -3.35. The van der Waals surface area contributed by atoms with Crippen LogP contribution < -0.4 is 20.2 Å². The second-order valence-electron chi connectivity index (χ2n) is 5.32. The van der Waals surface area contributed by atoms with Gasteiger partial charge in [0.15, 0.2) is 11.5 Å². The Balaban J connectivity index is 1.92. The van der Waals surface area contributed by atoms with E-state index in [0.29, 0.717) is 22.7 Å². The number of carbonyl (C=O) groups excluding carboxylic acids is 2. The summed E-state index contributed by atoms with van der Waals surface area (Å²) in [6.07, 6.45) is 2.31. The zero-order chi connectivity index (χ0) is 18.9. The molecule has 0 aliphatic rings. The third kappa shape index (κ3) is 5.07. The monoisotopic (exact) mass is 355 g/mol. The molecule has 0 aliphatic carbocycles. The van der Waals surface area contributed by atoms with Gasteiger partial charge in [0.25, 0.3) is 0 Å². The lowest BCUT2D eigenvalue weighted by atomic mass is 10.1. The summed E-state index contributed by atoms with van der Waals surface area (Å²) in [7, 11) is 3.07. The van der Waals surface area contributed by atoms with E-state index in [2.05, 4.69) is 15.8 Å². The average molecular weight is 355 g/mol. The van der Waals surface area contributed by atoms with Crippen molar-refractivity contribution in [2.45, 2.75) is 13.3 Å². The number of benzene rings is 2. The van der Waals surface area contributed by atoms with E-state index < -0.39 is 11.8 Å². The van der Waals surface area contributed by atoms with Crippen LogP contribution in [0.15, 0.2) is 47.6 Å². The Morgan fingerprint density at radius 3 is 2.31 bits per heavy atom. The summed E-state index contributed by atoms with van der Waals surface area (Å²) in [6, 6.07) is 12.4. The van der Waals surface area contributed by atoms with Crippen LogP contribution in [-0.4, -0.2) is 32.2 Å². The van der Waals surface area contributed by atoms with Gasteiger partial charge in [-0.2, -0.15) is 5.10 Å². The summed E-state index contributed by atoms with van der Waals surface area (Å²) < 4.78 is 10.3. The highest BCUT2D eigenvalue weighted by Gasteiger charge is 2.12. The van der Waals surface area contributed by atoms with E-state index in [9.17, 15) is 9.59 Å². The first kappa shape index (κ1) is 19.0. The smallest absolute Gasteiger partial charge is 0.329 e. The zero-order valence-electron chi connectivity index (χ0n) is 14.9. The second-order valence-corrected chi connectivity index (χ2v) is 5.32. The van der Waals surface area contributed by atoms with Crippen molar-refractivity contribution in [1.82, 2.24) is 5.43 Å². The predicted molar refractivity (Wildman–Crippen MR) is 99.7 cm³/mol. The van der Waals surface area contributed by atoms with Gasteiger partial charge in [-0.25, -0.2) is 5.43 Å². The number of nitrogens with one attached hydrogen (secondary N) is 2. The predicted octanol–water partition coefficient (Wildman–Crippen LogP) is 2.36. The highest BCUT2D eigenvalue weighted by Crippen LogP contribution is 2.26. The van der Waals surface area contributed by atoms with Gasteiger partial charge in [-0.05, 0) is 47.9 Å². The van der Waals surface area contributed by atoms with E-state index in [1.807, 2.05) is 19.1 Å². The first-order valence-electron chi connectivity index (χ1n) is 8.02. The number of methoxy groups -OCH3 is 2. The Bertz CT molecular complexity index is 801. The van der Waals surface area contributed by atoms with Gasteiger partial charge in [0.1, 0.15) is 0 Å². The zero-order valence-corrected chi connectivity index (χ0v) is 14.9. The fourth-order valence-electron chi connectivity index (χ4n) is 2.16. The minimum Gasteiger partial charge on any atom is -0.493 e. The Kier molecular flexibility index (Phi) is 6.73. The molecule has 2 aromatic carbocycles. The van der Waals surface area contributed by atoms with Crippen LogP contribution in [0, 0.1) is 0 Å².